The summed E-state index contributed by atoms with van der Waals surface area (Å²) in [6.45, 7) is 3.46. The molecular weight excluding hydrogens is 352 g/mol. The number of nitrogens with one attached hydrogen (secondary N) is 1. The normalized spacial score (nSPS) is 15.2. The second-order valence-corrected chi connectivity index (χ2v) is 6.99. The fourth-order valence-corrected chi connectivity index (χ4v) is 3.62. The third kappa shape index (κ3) is 3.54. The van der Waals surface area contributed by atoms with E-state index in [4.69, 9.17) is 0 Å². The molecule has 0 spiro atoms. The number of amides is 1. The number of rotatable bonds is 4. The van der Waals surface area contributed by atoms with Gasteiger partial charge in [0.1, 0.15) is 12.7 Å². The van der Waals surface area contributed by atoms with Crippen molar-refractivity contribution in [3.05, 3.63) is 35.9 Å². The fourth-order valence-electron chi connectivity index (χ4n) is 2.93. The average molecular weight is 370 g/mol. The summed E-state index contributed by atoms with van der Waals surface area (Å²) >= 11 is 1.46. The molecule has 0 aliphatic carbocycles. The summed E-state index contributed by atoms with van der Waals surface area (Å²) in [5.41, 5.74) is 0.924. The van der Waals surface area contributed by atoms with Crippen LogP contribution in [-0.4, -0.2) is 48.9 Å². The second-order valence-electron chi connectivity index (χ2n) is 6.13. The van der Waals surface area contributed by atoms with E-state index in [-0.39, 0.29) is 11.8 Å². The highest BCUT2D eigenvalue weighted by Gasteiger charge is 2.26. The summed E-state index contributed by atoms with van der Waals surface area (Å²) in [6, 6.07) is 3.78. The van der Waals surface area contributed by atoms with Crippen molar-refractivity contribution in [2.24, 2.45) is 5.92 Å². The minimum absolute atomic E-state index is 0.00200. The number of thiazole rings is 1. The average Bonchev–Trinajstić information content (AvgIpc) is 3.34. The summed E-state index contributed by atoms with van der Waals surface area (Å²) in [5.74, 6) is 1.48. The monoisotopic (exact) mass is 370 g/mol. The van der Waals surface area contributed by atoms with Gasteiger partial charge in [-0.25, -0.2) is 14.6 Å². The molecule has 26 heavy (non-hydrogen) atoms. The predicted molar refractivity (Wildman–Crippen MR) is 97.4 cm³/mol. The van der Waals surface area contributed by atoms with Crippen LogP contribution >= 0.6 is 11.3 Å². The van der Waals surface area contributed by atoms with E-state index in [1.54, 1.807) is 11.0 Å². The zero-order valence-electron chi connectivity index (χ0n) is 14.2. The molecule has 0 saturated carbocycles. The Hall–Kier alpha value is -2.88. The van der Waals surface area contributed by atoms with E-state index in [0.717, 1.165) is 37.4 Å². The predicted octanol–water partition coefficient (Wildman–Crippen LogP) is 1.68. The van der Waals surface area contributed by atoms with Crippen molar-refractivity contribution >= 4 is 28.2 Å². The Labute approximate surface area is 154 Å². The third-order valence-corrected chi connectivity index (χ3v) is 5.20. The van der Waals surface area contributed by atoms with Crippen molar-refractivity contribution in [1.29, 1.82) is 0 Å². The van der Waals surface area contributed by atoms with Gasteiger partial charge >= 0.3 is 0 Å². The highest BCUT2D eigenvalue weighted by molar-refractivity contribution is 7.13. The maximum Gasteiger partial charge on any atom is 0.229 e. The van der Waals surface area contributed by atoms with Gasteiger partial charge in [-0.2, -0.15) is 5.10 Å². The molecule has 1 saturated heterocycles. The largest absolute Gasteiger partial charge is 0.355 e. The number of piperidine rings is 1. The Morgan fingerprint density at radius 2 is 2.00 bits per heavy atom. The van der Waals surface area contributed by atoms with Gasteiger partial charge in [-0.15, -0.1) is 21.5 Å². The Balaban J connectivity index is 1.33. The Morgan fingerprint density at radius 3 is 2.62 bits per heavy atom. The quantitative estimate of drug-likeness (QED) is 0.745. The molecule has 3 aromatic rings. The van der Waals surface area contributed by atoms with E-state index in [1.807, 2.05) is 24.4 Å². The first kappa shape index (κ1) is 16.6. The molecule has 1 amide bonds. The molecule has 3 aromatic heterocycles. The molecule has 9 nitrogen and oxygen atoms in total. The van der Waals surface area contributed by atoms with Crippen LogP contribution in [0.3, 0.4) is 0 Å². The molecule has 134 valence electrons. The standard InChI is InChI=1S/C16H18N8OS/c1-11-8-26-16(19-11)20-15(25)12-4-6-23(7-5-12)13-2-3-14(22-21-13)24-10-17-9-18-24/h2-3,8-10,12H,4-7H2,1H3,(H,19,20,25). The number of hydrogen-bond acceptors (Lipinski definition) is 8. The first-order chi connectivity index (χ1) is 12.7. The minimum atomic E-state index is -0.00200. The van der Waals surface area contributed by atoms with Gasteiger partial charge in [0.25, 0.3) is 0 Å². The lowest BCUT2D eigenvalue weighted by Gasteiger charge is -2.31. The van der Waals surface area contributed by atoms with Crippen molar-refractivity contribution in [1.82, 2.24) is 29.9 Å². The zero-order valence-corrected chi connectivity index (χ0v) is 15.1. The first-order valence-corrected chi connectivity index (χ1v) is 9.24. The number of aryl methyl sites for hydroxylation is 1. The van der Waals surface area contributed by atoms with E-state index in [2.05, 4.69) is 35.5 Å². The highest BCUT2D eigenvalue weighted by atomic mass is 32.1. The lowest BCUT2D eigenvalue weighted by atomic mass is 9.96. The number of anilines is 2. The molecule has 0 aromatic carbocycles. The van der Waals surface area contributed by atoms with Crippen molar-refractivity contribution in [2.45, 2.75) is 19.8 Å². The van der Waals surface area contributed by atoms with Crippen molar-refractivity contribution in [3.8, 4) is 5.82 Å². The van der Waals surface area contributed by atoms with Crippen molar-refractivity contribution in [2.75, 3.05) is 23.3 Å². The molecule has 0 radical (unpaired) electrons. The van der Waals surface area contributed by atoms with Crippen LogP contribution in [0.2, 0.25) is 0 Å². The van der Waals surface area contributed by atoms with Gasteiger partial charge in [0, 0.05) is 24.4 Å². The van der Waals surface area contributed by atoms with Crippen LogP contribution in [0.25, 0.3) is 5.82 Å². The summed E-state index contributed by atoms with van der Waals surface area (Å²) in [5, 5.41) is 18.0. The molecule has 10 heteroatoms. The number of carbonyl (C=O) groups is 1. The molecule has 1 fully saturated rings. The molecule has 4 rings (SSSR count). The molecule has 1 aliphatic heterocycles. The maximum atomic E-state index is 12.4. The number of carbonyl (C=O) groups excluding carboxylic acids is 1. The van der Waals surface area contributed by atoms with Gasteiger partial charge in [-0.3, -0.25) is 4.79 Å². The molecule has 1 N–H and O–H groups in total. The number of aromatic nitrogens is 6. The Kier molecular flexibility index (Phi) is 4.57. The van der Waals surface area contributed by atoms with E-state index < -0.39 is 0 Å². The molecule has 4 heterocycles. The van der Waals surface area contributed by atoms with Crippen LogP contribution in [0, 0.1) is 12.8 Å². The van der Waals surface area contributed by atoms with Gasteiger partial charge in [0.05, 0.1) is 5.69 Å². The van der Waals surface area contributed by atoms with E-state index in [1.165, 1.54) is 17.7 Å². The number of hydrogen-bond donors (Lipinski definition) is 1. The highest BCUT2D eigenvalue weighted by Crippen LogP contribution is 2.24. The van der Waals surface area contributed by atoms with E-state index in [0.29, 0.717) is 10.9 Å². The summed E-state index contributed by atoms with van der Waals surface area (Å²) in [7, 11) is 0. The summed E-state index contributed by atoms with van der Waals surface area (Å²) < 4.78 is 1.56. The van der Waals surface area contributed by atoms with Gasteiger partial charge < -0.3 is 10.2 Å². The molecule has 0 unspecified atom stereocenters. The van der Waals surface area contributed by atoms with Crippen LogP contribution in [-0.2, 0) is 4.79 Å². The van der Waals surface area contributed by atoms with Gasteiger partial charge in [0.2, 0.25) is 5.91 Å². The second kappa shape index (κ2) is 7.16. The maximum absolute atomic E-state index is 12.4. The van der Waals surface area contributed by atoms with Crippen LogP contribution < -0.4 is 10.2 Å². The summed E-state index contributed by atoms with van der Waals surface area (Å²) in [4.78, 5) is 22.7. The Bertz CT molecular complexity index is 868. The van der Waals surface area contributed by atoms with Gasteiger partial charge in [0.15, 0.2) is 16.8 Å². The third-order valence-electron chi connectivity index (χ3n) is 4.33. The van der Waals surface area contributed by atoms with Crippen molar-refractivity contribution in [3.63, 3.8) is 0 Å². The SMILES string of the molecule is Cc1csc(NC(=O)C2CCN(c3ccc(-n4cncn4)nn3)CC2)n1. The lowest BCUT2D eigenvalue weighted by Crippen LogP contribution is -2.38. The fraction of sp³-hybridized carbons (Fsp3) is 0.375. The van der Waals surface area contributed by atoms with Crippen molar-refractivity contribution < 1.29 is 4.79 Å². The molecule has 1 aliphatic rings. The zero-order chi connectivity index (χ0) is 17.9. The van der Waals surface area contributed by atoms with Gasteiger partial charge in [-0.1, -0.05) is 0 Å². The van der Waals surface area contributed by atoms with Crippen LogP contribution in [0.5, 0.6) is 0 Å². The molecule has 0 bridgehead atoms. The van der Waals surface area contributed by atoms with Crippen LogP contribution in [0.4, 0.5) is 10.9 Å². The minimum Gasteiger partial charge on any atom is -0.355 e. The molecular formula is C16H18N8OS. The van der Waals surface area contributed by atoms with Crippen LogP contribution in [0.15, 0.2) is 30.2 Å². The van der Waals surface area contributed by atoms with E-state index in [9.17, 15) is 4.79 Å². The smallest absolute Gasteiger partial charge is 0.229 e. The van der Waals surface area contributed by atoms with Gasteiger partial charge in [-0.05, 0) is 31.9 Å². The van der Waals surface area contributed by atoms with Crippen LogP contribution in [0.1, 0.15) is 18.5 Å². The summed E-state index contributed by atoms with van der Waals surface area (Å²) in [6.07, 6.45) is 4.60. The molecule has 0 atom stereocenters. The Morgan fingerprint density at radius 1 is 1.23 bits per heavy atom. The van der Waals surface area contributed by atoms with E-state index >= 15 is 0 Å². The first-order valence-electron chi connectivity index (χ1n) is 8.36. The lowest BCUT2D eigenvalue weighted by molar-refractivity contribution is -0.120. The topological polar surface area (TPSA) is 102 Å². The number of nitrogens with zero attached hydrogens (tertiary/aromatic N) is 7.